The molecule has 14 atom stereocenters. The lowest BCUT2D eigenvalue weighted by Gasteiger charge is -2.44. The van der Waals surface area contributed by atoms with Gasteiger partial charge in [-0.2, -0.15) is 0 Å². The normalized spacial score (nSPS) is 48.7. The number of aliphatic hydroxyl groups excluding tert-OH is 10. The van der Waals surface area contributed by atoms with Gasteiger partial charge >= 0.3 is 5.97 Å². The van der Waals surface area contributed by atoms with Gasteiger partial charge in [0.1, 0.15) is 80.4 Å². The van der Waals surface area contributed by atoms with Gasteiger partial charge in [0.15, 0.2) is 12.6 Å². The van der Waals surface area contributed by atoms with Gasteiger partial charge < -0.3 is 79.5 Å². The van der Waals surface area contributed by atoms with Crippen molar-refractivity contribution >= 4 is 5.97 Å². The van der Waals surface area contributed by atoms with Crippen LogP contribution >= 0.6 is 0 Å². The third-order valence-electron chi connectivity index (χ3n) is 6.43. The van der Waals surface area contributed by atoms with Gasteiger partial charge in [0.05, 0.1) is 13.2 Å². The summed E-state index contributed by atoms with van der Waals surface area (Å²) in [6.45, 7) is -1.85. The van der Waals surface area contributed by atoms with Crippen molar-refractivity contribution in [2.24, 2.45) is 0 Å². The molecule has 0 amide bonds. The molecule has 3 fully saturated rings. The molecule has 0 aromatic heterocycles. The molecular weight excluding hydrogens is 512 g/mol. The molecule has 3 aliphatic heterocycles. The van der Waals surface area contributed by atoms with Crippen LogP contribution in [-0.4, -0.2) is 169 Å². The van der Waals surface area contributed by atoms with E-state index in [1.54, 1.807) is 0 Å². The molecule has 2 unspecified atom stereocenters. The standard InChI is InChI=1S/C20H34O17/c1-6(23)32-3-8-10(24)13(27)15(29)18(34-8)33-4-9-11(25)14(28)16(30)19(35-9)37-20(5-22)17(31)12(26)7(2-21)36-20/h7-19,21-22,24-31H,2-5H2,1H3/t7-,8-,9-,10+,11-,12-,13+,14+,15-,16-,17+,18?,19?,20+/m1/s1. The summed E-state index contributed by atoms with van der Waals surface area (Å²) in [6.07, 6.45) is -22.1. The number of ether oxygens (including phenoxy) is 6. The zero-order chi connectivity index (χ0) is 27.7. The summed E-state index contributed by atoms with van der Waals surface area (Å²) in [5.74, 6) is -3.07. The van der Waals surface area contributed by atoms with E-state index in [9.17, 15) is 55.9 Å². The molecule has 216 valence electrons. The molecule has 3 saturated heterocycles. The monoisotopic (exact) mass is 546 g/mol. The first kappa shape index (κ1) is 30.4. The SMILES string of the molecule is CC(=O)OC[C@H]1OC(OC[C@H]2OC(O[C@]3(CO)O[C@H](CO)[C@@H](O)[C@@H]3O)[C@H](O)[C@@H](O)[C@@H]2O)[C@H](O)[C@@H](O)[C@H]1O. The molecule has 0 radical (unpaired) electrons. The highest BCUT2D eigenvalue weighted by Gasteiger charge is 2.58. The molecule has 0 saturated carbocycles. The highest BCUT2D eigenvalue weighted by atomic mass is 16.8. The summed E-state index contributed by atoms with van der Waals surface area (Å²) >= 11 is 0. The fourth-order valence-electron chi connectivity index (χ4n) is 4.20. The average Bonchev–Trinajstić information content (AvgIpc) is 3.12. The van der Waals surface area contributed by atoms with Crippen molar-refractivity contribution in [1.82, 2.24) is 0 Å². The van der Waals surface area contributed by atoms with E-state index in [-0.39, 0.29) is 0 Å². The van der Waals surface area contributed by atoms with Gasteiger partial charge in [-0.25, -0.2) is 0 Å². The molecule has 37 heavy (non-hydrogen) atoms. The number of carbonyl (C=O) groups excluding carboxylic acids is 1. The lowest BCUT2D eigenvalue weighted by atomic mass is 9.98. The Morgan fingerprint density at radius 3 is 1.78 bits per heavy atom. The maximum atomic E-state index is 11.0. The maximum Gasteiger partial charge on any atom is 0.302 e. The molecule has 0 aliphatic carbocycles. The minimum absolute atomic E-state index is 0.476. The molecule has 3 aliphatic rings. The average molecular weight is 546 g/mol. The number of rotatable bonds is 9. The predicted molar refractivity (Wildman–Crippen MR) is 111 cm³/mol. The van der Waals surface area contributed by atoms with Crippen LogP contribution in [0.2, 0.25) is 0 Å². The molecular formula is C20H34O17. The molecule has 17 nitrogen and oxygen atoms in total. The Morgan fingerprint density at radius 2 is 1.27 bits per heavy atom. The van der Waals surface area contributed by atoms with Gasteiger partial charge in [-0.3, -0.25) is 4.79 Å². The second kappa shape index (κ2) is 12.4. The first-order chi connectivity index (χ1) is 17.4. The van der Waals surface area contributed by atoms with Crippen molar-refractivity contribution in [3.63, 3.8) is 0 Å². The van der Waals surface area contributed by atoms with Crippen molar-refractivity contribution in [3.8, 4) is 0 Å². The quantitative estimate of drug-likeness (QED) is 0.120. The minimum atomic E-state index is -2.38. The first-order valence-corrected chi connectivity index (χ1v) is 11.4. The van der Waals surface area contributed by atoms with Gasteiger partial charge in [0, 0.05) is 6.92 Å². The van der Waals surface area contributed by atoms with E-state index >= 15 is 0 Å². The van der Waals surface area contributed by atoms with Crippen LogP contribution in [0.1, 0.15) is 6.92 Å². The number of esters is 1. The summed E-state index contributed by atoms with van der Waals surface area (Å²) in [4.78, 5) is 11.0. The summed E-state index contributed by atoms with van der Waals surface area (Å²) in [7, 11) is 0. The van der Waals surface area contributed by atoms with Gasteiger partial charge in [-0.15, -0.1) is 0 Å². The zero-order valence-corrected chi connectivity index (χ0v) is 19.7. The van der Waals surface area contributed by atoms with Crippen LogP contribution in [0.4, 0.5) is 0 Å². The van der Waals surface area contributed by atoms with Crippen LogP contribution in [0.15, 0.2) is 0 Å². The Morgan fingerprint density at radius 1 is 0.730 bits per heavy atom. The number of hydrogen-bond donors (Lipinski definition) is 10. The second-order valence-electron chi connectivity index (χ2n) is 9.03. The first-order valence-electron chi connectivity index (χ1n) is 11.4. The Balaban J connectivity index is 1.68. The third-order valence-corrected chi connectivity index (χ3v) is 6.43. The van der Waals surface area contributed by atoms with Crippen molar-refractivity contribution in [3.05, 3.63) is 0 Å². The Hall–Kier alpha value is -1.13. The molecule has 17 heteroatoms. The Bertz CT molecular complexity index is 756. The fourth-order valence-corrected chi connectivity index (χ4v) is 4.20. The second-order valence-corrected chi connectivity index (χ2v) is 9.03. The molecule has 0 aromatic rings. The van der Waals surface area contributed by atoms with E-state index in [4.69, 9.17) is 28.4 Å². The van der Waals surface area contributed by atoms with Crippen molar-refractivity contribution in [1.29, 1.82) is 0 Å². The van der Waals surface area contributed by atoms with Crippen LogP contribution in [0.25, 0.3) is 0 Å². The lowest BCUT2D eigenvalue weighted by molar-refractivity contribution is -0.388. The summed E-state index contributed by atoms with van der Waals surface area (Å²) < 4.78 is 31.5. The molecule has 0 spiro atoms. The topological polar surface area (TPSA) is 275 Å². The Kier molecular flexibility index (Phi) is 10.2. The molecule has 10 N–H and O–H groups in total. The summed E-state index contributed by atoms with van der Waals surface area (Å²) in [5.41, 5.74) is 0. The van der Waals surface area contributed by atoms with Crippen molar-refractivity contribution in [2.75, 3.05) is 26.4 Å². The molecule has 0 aromatic carbocycles. The van der Waals surface area contributed by atoms with Gasteiger partial charge in [0.2, 0.25) is 5.79 Å². The number of carbonyl (C=O) groups is 1. The van der Waals surface area contributed by atoms with E-state index in [1.165, 1.54) is 0 Å². The third kappa shape index (κ3) is 6.21. The van der Waals surface area contributed by atoms with E-state index in [0.29, 0.717) is 0 Å². The minimum Gasteiger partial charge on any atom is -0.463 e. The Labute approximate surface area is 209 Å². The van der Waals surface area contributed by atoms with Crippen LogP contribution in [0.5, 0.6) is 0 Å². The van der Waals surface area contributed by atoms with Gasteiger partial charge in [-0.1, -0.05) is 0 Å². The van der Waals surface area contributed by atoms with Crippen LogP contribution < -0.4 is 0 Å². The largest absolute Gasteiger partial charge is 0.463 e. The maximum absolute atomic E-state index is 11.0. The summed E-state index contributed by atoms with van der Waals surface area (Å²) in [6, 6.07) is 0. The van der Waals surface area contributed by atoms with E-state index in [1.807, 2.05) is 0 Å². The lowest BCUT2D eigenvalue weighted by Crippen LogP contribution is -2.63. The number of hydrogen-bond acceptors (Lipinski definition) is 17. The van der Waals surface area contributed by atoms with Crippen LogP contribution in [-0.2, 0) is 33.2 Å². The van der Waals surface area contributed by atoms with Crippen LogP contribution in [0.3, 0.4) is 0 Å². The van der Waals surface area contributed by atoms with Crippen molar-refractivity contribution in [2.45, 2.75) is 92.4 Å². The van der Waals surface area contributed by atoms with E-state index in [2.05, 4.69) is 0 Å². The smallest absolute Gasteiger partial charge is 0.302 e. The predicted octanol–water partition coefficient (Wildman–Crippen LogP) is -7.00. The number of aliphatic hydroxyl groups is 10. The van der Waals surface area contributed by atoms with Gasteiger partial charge in [-0.05, 0) is 0 Å². The molecule has 3 heterocycles. The fraction of sp³-hybridized carbons (Fsp3) is 0.950. The van der Waals surface area contributed by atoms with Crippen molar-refractivity contribution < 1.29 is 84.3 Å². The molecule has 3 rings (SSSR count). The van der Waals surface area contributed by atoms with E-state index in [0.717, 1.165) is 6.92 Å². The highest BCUT2D eigenvalue weighted by molar-refractivity contribution is 5.65. The van der Waals surface area contributed by atoms with Crippen LogP contribution in [0, 0.1) is 0 Å². The zero-order valence-electron chi connectivity index (χ0n) is 19.7. The van der Waals surface area contributed by atoms with Gasteiger partial charge in [0.25, 0.3) is 0 Å². The summed E-state index contributed by atoms with van der Waals surface area (Å²) in [5, 5.41) is 101. The highest BCUT2D eigenvalue weighted by Crippen LogP contribution is 2.36. The molecule has 0 bridgehead atoms. The van der Waals surface area contributed by atoms with E-state index < -0.39 is 118 Å².